The van der Waals surface area contributed by atoms with E-state index in [1.807, 2.05) is 58.9 Å². The van der Waals surface area contributed by atoms with Crippen molar-refractivity contribution in [3.05, 3.63) is 48.0 Å². The smallest absolute Gasteiger partial charge is 0.406 e. The van der Waals surface area contributed by atoms with Gasteiger partial charge in [0, 0.05) is 25.9 Å². The van der Waals surface area contributed by atoms with E-state index in [0.717, 1.165) is 11.1 Å². The number of ketones is 2. The fourth-order valence-corrected chi connectivity index (χ4v) is 7.29. The number of halogens is 3. The van der Waals surface area contributed by atoms with Crippen molar-refractivity contribution >= 4 is 35.5 Å². The largest absolute Gasteiger partial charge is 0.447 e. The van der Waals surface area contributed by atoms with Crippen molar-refractivity contribution < 1.29 is 46.7 Å². The summed E-state index contributed by atoms with van der Waals surface area (Å²) in [6.07, 6.45) is -4.67. The molecule has 0 spiro atoms. The average Bonchev–Trinajstić information content (AvgIpc) is 3.73. The van der Waals surface area contributed by atoms with Gasteiger partial charge in [0.05, 0.1) is 24.0 Å². The van der Waals surface area contributed by atoms with Gasteiger partial charge < -0.3 is 31.3 Å². The van der Waals surface area contributed by atoms with Crippen molar-refractivity contribution in [2.45, 2.75) is 97.4 Å². The van der Waals surface area contributed by atoms with Gasteiger partial charge >= 0.3 is 18.3 Å². The van der Waals surface area contributed by atoms with Crippen LogP contribution in [0, 0.1) is 35.0 Å². The molecule has 1 fully saturated rings. The molecule has 0 radical (unpaired) electrons. The Kier molecular flexibility index (Phi) is 15.0. The Balaban J connectivity index is 1.94. The number of ether oxygens (including phenoxy) is 1. The van der Waals surface area contributed by atoms with E-state index in [2.05, 4.69) is 33.2 Å². The van der Waals surface area contributed by atoms with Gasteiger partial charge in [-0.3, -0.25) is 19.2 Å². The summed E-state index contributed by atoms with van der Waals surface area (Å²) in [4.78, 5) is 79.9. The summed E-state index contributed by atoms with van der Waals surface area (Å²) < 4.78 is 45.1. The molecule has 15 heteroatoms. The lowest BCUT2D eigenvalue weighted by atomic mass is 9.77. The van der Waals surface area contributed by atoms with E-state index in [1.165, 1.54) is 13.1 Å². The number of benzene rings is 1. The Hall–Kier alpha value is -4.43. The number of urea groups is 1. The normalized spacial score (nSPS) is 20.4. The minimum atomic E-state index is -4.66. The van der Waals surface area contributed by atoms with Gasteiger partial charge in [0.1, 0.15) is 6.61 Å². The van der Waals surface area contributed by atoms with Gasteiger partial charge in [-0.05, 0) is 66.4 Å². The van der Waals surface area contributed by atoms with Crippen molar-refractivity contribution in [3.8, 4) is 0 Å². The minimum Gasteiger partial charge on any atom is -0.447 e. The maximum absolute atomic E-state index is 14.8. The van der Waals surface area contributed by atoms with Crippen molar-refractivity contribution in [2.75, 3.05) is 20.2 Å². The van der Waals surface area contributed by atoms with Crippen LogP contribution in [-0.4, -0.2) is 80.0 Å². The van der Waals surface area contributed by atoms with E-state index in [9.17, 15) is 41.9 Å². The summed E-state index contributed by atoms with van der Waals surface area (Å²) in [5.74, 6) is -6.47. The number of amides is 5. The first-order valence-corrected chi connectivity index (χ1v) is 18.1. The molecule has 1 saturated carbocycles. The number of nitrogens with one attached hydrogen (secondary N) is 5. The van der Waals surface area contributed by atoms with Crippen LogP contribution in [0.4, 0.5) is 22.8 Å². The maximum Gasteiger partial charge on any atom is 0.406 e. The number of hydrogen-bond acceptors (Lipinski definition) is 7. The topological polar surface area (TPSA) is 172 Å². The summed E-state index contributed by atoms with van der Waals surface area (Å²) in [5, 5.41) is 12.8. The van der Waals surface area contributed by atoms with Gasteiger partial charge in [0.2, 0.25) is 11.7 Å². The van der Waals surface area contributed by atoms with Crippen LogP contribution in [0.5, 0.6) is 0 Å². The number of carbonyl (C=O) groups is 6. The SMILES string of the molecule is C=CCNC(=O)C(=O)C(CCC(F)(F)F)NC(=O)C1C(C(=O)[C@@H](NC(=O)N[C@H](COC(=O)NC)C(C)(C)C)C2Cc3ccccc3C2)CC[C@@H]1C(C)C. The van der Waals surface area contributed by atoms with E-state index in [4.69, 9.17) is 4.74 Å². The summed E-state index contributed by atoms with van der Waals surface area (Å²) >= 11 is 0. The predicted molar refractivity (Wildman–Crippen MR) is 191 cm³/mol. The molecular weight excluding hydrogens is 695 g/mol. The highest BCUT2D eigenvalue weighted by atomic mass is 19.4. The van der Waals surface area contributed by atoms with Crippen LogP contribution in [0.25, 0.3) is 0 Å². The van der Waals surface area contributed by atoms with Crippen LogP contribution < -0.4 is 26.6 Å². The Morgan fingerprint density at radius 2 is 1.58 bits per heavy atom. The van der Waals surface area contributed by atoms with Crippen LogP contribution in [-0.2, 0) is 36.8 Å². The van der Waals surface area contributed by atoms with E-state index < -0.39 is 89.9 Å². The zero-order valence-electron chi connectivity index (χ0n) is 31.4. The Labute approximate surface area is 309 Å². The quantitative estimate of drug-likeness (QED) is 0.123. The standard InChI is InChI=1S/C38H54F3N5O7/c1-8-17-43-34(50)32(48)27(15-16-38(39,40)41)44-33(49)29-25(21(2)3)13-14-26(29)31(47)30(24-18-22-11-9-10-12-23(22)19-24)46-35(51)45-28(37(4,5)6)20-53-36(52)42-7/h8-12,21,24-30H,1,13-20H2,2-7H3,(H,42,52)(H,43,50)(H,44,49)(H2,45,46,51)/t25-,26?,27?,28-,29?,30+/m1/s1. The number of Topliss-reactive ketones (excluding diaryl/α,β-unsaturated/α-hetero) is 2. The highest BCUT2D eigenvalue weighted by Gasteiger charge is 2.50. The summed E-state index contributed by atoms with van der Waals surface area (Å²) in [6, 6.07) is 3.49. The molecular formula is C38H54F3N5O7. The highest BCUT2D eigenvalue weighted by molar-refractivity contribution is 6.38. The summed E-state index contributed by atoms with van der Waals surface area (Å²) in [7, 11) is 1.41. The third kappa shape index (κ3) is 12.0. The van der Waals surface area contributed by atoms with Gasteiger partial charge in [-0.25, -0.2) is 9.59 Å². The van der Waals surface area contributed by atoms with Gasteiger partial charge in [-0.2, -0.15) is 13.2 Å². The molecule has 12 nitrogen and oxygen atoms in total. The number of carbonyl (C=O) groups excluding carboxylic acids is 6. The molecule has 0 saturated heterocycles. The number of alkyl carbamates (subject to hydrolysis) is 1. The lowest BCUT2D eigenvalue weighted by Crippen LogP contribution is -2.57. The second-order valence-electron chi connectivity index (χ2n) is 15.4. The summed E-state index contributed by atoms with van der Waals surface area (Å²) in [6.45, 7) is 12.5. The van der Waals surface area contributed by atoms with E-state index in [1.54, 1.807) is 0 Å². The van der Waals surface area contributed by atoms with Crippen molar-refractivity contribution in [2.24, 2.45) is 35.0 Å². The Morgan fingerprint density at radius 1 is 0.962 bits per heavy atom. The van der Waals surface area contributed by atoms with Crippen LogP contribution in [0.1, 0.15) is 71.4 Å². The third-order valence-electron chi connectivity index (χ3n) is 10.3. The zero-order valence-corrected chi connectivity index (χ0v) is 31.4. The zero-order chi connectivity index (χ0) is 39.7. The molecule has 0 aliphatic heterocycles. The number of fused-ring (bicyclic) bond motifs is 1. The van der Waals surface area contributed by atoms with E-state index in [-0.39, 0.29) is 37.3 Å². The molecule has 5 amide bonds. The molecule has 3 rings (SSSR count). The van der Waals surface area contributed by atoms with Crippen LogP contribution in [0.3, 0.4) is 0 Å². The molecule has 53 heavy (non-hydrogen) atoms. The van der Waals surface area contributed by atoms with Gasteiger partial charge in [0.25, 0.3) is 5.91 Å². The first kappa shape index (κ1) is 43.0. The number of alkyl halides is 3. The highest BCUT2D eigenvalue weighted by Crippen LogP contribution is 2.44. The fraction of sp³-hybridized carbons (Fsp3) is 0.632. The third-order valence-corrected chi connectivity index (χ3v) is 10.3. The molecule has 1 aromatic rings. The second kappa shape index (κ2) is 18.6. The maximum atomic E-state index is 14.8. The molecule has 294 valence electrons. The molecule has 6 atom stereocenters. The molecule has 3 unspecified atom stereocenters. The van der Waals surface area contributed by atoms with Crippen molar-refractivity contribution in [1.82, 2.24) is 26.6 Å². The Morgan fingerprint density at radius 3 is 2.11 bits per heavy atom. The van der Waals surface area contributed by atoms with Gasteiger partial charge in [-0.15, -0.1) is 6.58 Å². The second-order valence-corrected chi connectivity index (χ2v) is 15.4. The van der Waals surface area contributed by atoms with Crippen LogP contribution in [0.2, 0.25) is 0 Å². The van der Waals surface area contributed by atoms with Gasteiger partial charge in [-0.1, -0.05) is 65.0 Å². The van der Waals surface area contributed by atoms with Crippen molar-refractivity contribution in [1.29, 1.82) is 0 Å². The average molecular weight is 750 g/mol. The summed E-state index contributed by atoms with van der Waals surface area (Å²) in [5.41, 5.74) is 1.48. The molecule has 2 aliphatic rings. The molecule has 0 bridgehead atoms. The number of rotatable bonds is 16. The predicted octanol–water partition coefficient (Wildman–Crippen LogP) is 4.41. The minimum absolute atomic E-state index is 0.107. The monoisotopic (exact) mass is 749 g/mol. The van der Waals surface area contributed by atoms with Crippen LogP contribution >= 0.6 is 0 Å². The van der Waals surface area contributed by atoms with E-state index >= 15 is 0 Å². The lowest BCUT2D eigenvalue weighted by molar-refractivity contribution is -0.146. The molecule has 1 aromatic carbocycles. The number of hydrogen-bond donors (Lipinski definition) is 5. The molecule has 0 heterocycles. The lowest BCUT2D eigenvalue weighted by Gasteiger charge is -2.34. The fourth-order valence-electron chi connectivity index (χ4n) is 7.29. The molecule has 0 aromatic heterocycles. The van der Waals surface area contributed by atoms with E-state index in [0.29, 0.717) is 19.3 Å². The molecule has 2 aliphatic carbocycles. The first-order valence-electron chi connectivity index (χ1n) is 18.1. The van der Waals surface area contributed by atoms with Crippen molar-refractivity contribution in [3.63, 3.8) is 0 Å². The Bertz CT molecular complexity index is 1480. The van der Waals surface area contributed by atoms with Crippen LogP contribution in [0.15, 0.2) is 36.9 Å². The van der Waals surface area contributed by atoms with Gasteiger partial charge in [0.15, 0.2) is 5.78 Å². The molecule has 5 N–H and O–H groups in total. The first-order chi connectivity index (χ1) is 24.8.